The summed E-state index contributed by atoms with van der Waals surface area (Å²) in [5, 5.41) is 10.6. The van der Waals surface area contributed by atoms with Gasteiger partial charge in [-0.1, -0.05) is 35.3 Å². The molecule has 0 saturated carbocycles. The van der Waals surface area contributed by atoms with Crippen LogP contribution in [0.25, 0.3) is 22.0 Å². The van der Waals surface area contributed by atoms with Gasteiger partial charge in [0.15, 0.2) is 0 Å². The molecule has 0 aliphatic carbocycles. The van der Waals surface area contributed by atoms with Crippen molar-refractivity contribution in [3.05, 3.63) is 75.5 Å². The van der Waals surface area contributed by atoms with E-state index in [9.17, 15) is 8.42 Å². The van der Waals surface area contributed by atoms with Gasteiger partial charge in [-0.15, -0.1) is 11.3 Å². The molecule has 1 atom stereocenters. The molecule has 1 aliphatic heterocycles. The number of rotatable bonds is 10. The number of halogens is 2. The number of benzene rings is 1. The van der Waals surface area contributed by atoms with Crippen molar-refractivity contribution >= 4 is 44.7 Å². The highest BCUT2D eigenvalue weighted by Gasteiger charge is 2.32. The molecule has 0 unspecified atom stereocenters. The third-order valence-electron chi connectivity index (χ3n) is 6.63. The molecule has 0 radical (unpaired) electrons. The van der Waals surface area contributed by atoms with Crippen LogP contribution >= 0.6 is 34.5 Å². The van der Waals surface area contributed by atoms with Crippen LogP contribution in [0.4, 0.5) is 0 Å². The maximum absolute atomic E-state index is 13.2. The topological polar surface area (TPSA) is 107 Å². The number of aromatic nitrogens is 4. The van der Waals surface area contributed by atoms with Crippen LogP contribution in [0, 0.1) is 0 Å². The number of nitrogens with zero attached hydrogens (tertiary/aromatic N) is 5. The maximum atomic E-state index is 13.2. The average Bonchev–Trinajstić information content (AvgIpc) is 3.67. The minimum Gasteiger partial charge on any atom is -0.297 e. The molecule has 9 nitrogen and oxygen atoms in total. The number of hydrogen-bond donors (Lipinski definition) is 2. The Hall–Kier alpha value is -2.38. The first kappa shape index (κ1) is 27.2. The van der Waals surface area contributed by atoms with E-state index in [0.29, 0.717) is 40.9 Å². The van der Waals surface area contributed by atoms with Crippen molar-refractivity contribution in [2.24, 2.45) is 0 Å². The molecular formula is C25H27Cl2N7O2S2. The van der Waals surface area contributed by atoms with E-state index >= 15 is 0 Å². The summed E-state index contributed by atoms with van der Waals surface area (Å²) in [6, 6.07) is 9.43. The zero-order valence-electron chi connectivity index (χ0n) is 20.6. The van der Waals surface area contributed by atoms with Crippen LogP contribution in [0.1, 0.15) is 17.5 Å². The average molecular weight is 593 g/mol. The molecule has 200 valence electrons. The summed E-state index contributed by atoms with van der Waals surface area (Å²) in [5.41, 5.74) is 4.11. The van der Waals surface area contributed by atoms with Gasteiger partial charge in [-0.3, -0.25) is 20.0 Å². The summed E-state index contributed by atoms with van der Waals surface area (Å²) >= 11 is 13.8. The number of likely N-dealkylation sites (N-methyl/N-ethyl adjacent to an activating group) is 1. The Morgan fingerprint density at radius 2 is 2.11 bits per heavy atom. The lowest BCUT2D eigenvalue weighted by Gasteiger charge is -2.24. The molecule has 2 N–H and O–H groups in total. The van der Waals surface area contributed by atoms with E-state index in [2.05, 4.69) is 29.8 Å². The summed E-state index contributed by atoms with van der Waals surface area (Å²) in [6.07, 6.45) is 6.06. The zero-order valence-corrected chi connectivity index (χ0v) is 23.8. The molecule has 0 amide bonds. The van der Waals surface area contributed by atoms with Crippen molar-refractivity contribution in [1.29, 1.82) is 0 Å². The minimum absolute atomic E-state index is 0.124. The molecule has 1 aliphatic rings. The Kier molecular flexibility index (Phi) is 8.44. The van der Waals surface area contributed by atoms with Gasteiger partial charge < -0.3 is 0 Å². The van der Waals surface area contributed by atoms with E-state index in [1.807, 2.05) is 29.6 Å². The summed E-state index contributed by atoms with van der Waals surface area (Å²) in [5.74, 6) is 0. The van der Waals surface area contributed by atoms with Gasteiger partial charge in [-0.2, -0.15) is 17.8 Å². The lowest BCUT2D eigenvalue weighted by atomic mass is 10.1. The summed E-state index contributed by atoms with van der Waals surface area (Å²) < 4.78 is 30.6. The number of aromatic amines is 1. The van der Waals surface area contributed by atoms with E-state index in [0.717, 1.165) is 34.7 Å². The fraction of sp³-hybridized carbons (Fsp3) is 0.320. The van der Waals surface area contributed by atoms with Crippen LogP contribution in [-0.4, -0.2) is 70.5 Å². The Bertz CT molecular complexity index is 1480. The van der Waals surface area contributed by atoms with Crippen LogP contribution in [-0.2, 0) is 23.2 Å². The van der Waals surface area contributed by atoms with E-state index in [1.54, 1.807) is 43.0 Å². The fourth-order valence-electron chi connectivity index (χ4n) is 4.62. The predicted octanol–water partition coefficient (Wildman–Crippen LogP) is 4.49. The largest absolute Gasteiger partial charge is 0.297 e. The van der Waals surface area contributed by atoms with Crippen LogP contribution in [0.5, 0.6) is 0 Å². The van der Waals surface area contributed by atoms with Crippen LogP contribution in [0.15, 0.2) is 54.3 Å². The molecule has 1 fully saturated rings. The lowest BCUT2D eigenvalue weighted by molar-refractivity contribution is 0.297. The SMILES string of the molecule is CN([C@@H]1CCN(Cc2ccc(Cl)c(Cl)c2)C1)S(=O)(=O)NCCc1c(-c2cnccn2)n[nH]c1-c1cccs1. The van der Waals surface area contributed by atoms with Crippen molar-refractivity contribution in [2.45, 2.75) is 25.4 Å². The first-order chi connectivity index (χ1) is 18.3. The van der Waals surface area contributed by atoms with Crippen molar-refractivity contribution in [3.63, 3.8) is 0 Å². The van der Waals surface area contributed by atoms with Gasteiger partial charge in [0.25, 0.3) is 10.2 Å². The zero-order chi connectivity index (χ0) is 26.7. The van der Waals surface area contributed by atoms with Gasteiger partial charge in [0.1, 0.15) is 11.4 Å². The van der Waals surface area contributed by atoms with Crippen molar-refractivity contribution in [3.8, 4) is 22.0 Å². The minimum atomic E-state index is -3.69. The predicted molar refractivity (Wildman–Crippen MR) is 151 cm³/mol. The molecule has 1 aromatic carbocycles. The van der Waals surface area contributed by atoms with Crippen LogP contribution < -0.4 is 4.72 Å². The first-order valence-corrected chi connectivity index (χ1v) is 15.2. The number of hydrogen-bond acceptors (Lipinski definition) is 7. The second-order valence-electron chi connectivity index (χ2n) is 9.09. The molecule has 1 saturated heterocycles. The number of thiophene rings is 1. The Morgan fingerprint density at radius 1 is 1.24 bits per heavy atom. The highest BCUT2D eigenvalue weighted by Crippen LogP contribution is 2.32. The fourth-order valence-corrected chi connectivity index (χ4v) is 6.81. The third-order valence-corrected chi connectivity index (χ3v) is 9.88. The molecule has 4 aromatic rings. The Balaban J connectivity index is 1.23. The Morgan fingerprint density at radius 3 is 2.84 bits per heavy atom. The van der Waals surface area contributed by atoms with Crippen LogP contribution in [0.3, 0.4) is 0 Å². The molecule has 3 aromatic heterocycles. The quantitative estimate of drug-likeness (QED) is 0.281. The summed E-state index contributed by atoms with van der Waals surface area (Å²) in [4.78, 5) is 11.8. The third kappa shape index (κ3) is 6.09. The molecule has 13 heteroatoms. The van der Waals surface area contributed by atoms with Gasteiger partial charge in [-0.05, 0) is 42.0 Å². The molecular weight excluding hydrogens is 565 g/mol. The summed E-state index contributed by atoms with van der Waals surface area (Å²) in [7, 11) is -2.05. The van der Waals surface area contributed by atoms with Crippen molar-refractivity contribution in [2.75, 3.05) is 26.7 Å². The number of likely N-dealkylation sites (tertiary alicyclic amines) is 1. The van der Waals surface area contributed by atoms with Gasteiger partial charge in [0, 0.05) is 57.2 Å². The highest BCUT2D eigenvalue weighted by molar-refractivity contribution is 7.87. The first-order valence-electron chi connectivity index (χ1n) is 12.1. The van der Waals surface area contributed by atoms with Gasteiger partial charge in [0.05, 0.1) is 26.8 Å². The lowest BCUT2D eigenvalue weighted by Crippen LogP contribution is -2.45. The van der Waals surface area contributed by atoms with E-state index in [-0.39, 0.29) is 12.6 Å². The van der Waals surface area contributed by atoms with Gasteiger partial charge >= 0.3 is 0 Å². The second-order valence-corrected chi connectivity index (χ2v) is 12.7. The molecule has 4 heterocycles. The molecule has 0 bridgehead atoms. The standard InChI is InChI=1S/C25H27Cl2N7O2S2/c1-33(18-7-11-34(16-18)15-17-4-5-20(26)21(27)13-17)38(35,36)30-8-6-19-24(22-14-28-9-10-29-22)31-32-25(19)23-3-2-12-37-23/h2-5,9-10,12-14,18,30H,6-8,11,15-16H2,1H3,(H,31,32)/t18-/m1/s1. The maximum Gasteiger partial charge on any atom is 0.279 e. The number of H-pyrrole nitrogens is 1. The molecule has 5 rings (SSSR count). The highest BCUT2D eigenvalue weighted by atomic mass is 35.5. The summed E-state index contributed by atoms with van der Waals surface area (Å²) in [6.45, 7) is 2.34. The van der Waals surface area contributed by atoms with E-state index in [1.165, 1.54) is 4.31 Å². The Labute approximate surface area is 236 Å². The van der Waals surface area contributed by atoms with E-state index in [4.69, 9.17) is 23.2 Å². The normalized spacial score (nSPS) is 16.5. The van der Waals surface area contributed by atoms with Gasteiger partial charge in [0.2, 0.25) is 0 Å². The monoisotopic (exact) mass is 591 g/mol. The second kappa shape index (κ2) is 11.8. The van der Waals surface area contributed by atoms with Crippen LogP contribution in [0.2, 0.25) is 10.0 Å². The van der Waals surface area contributed by atoms with Gasteiger partial charge in [-0.25, -0.2) is 4.72 Å². The van der Waals surface area contributed by atoms with Crippen molar-refractivity contribution < 1.29 is 8.42 Å². The number of nitrogens with one attached hydrogen (secondary N) is 2. The van der Waals surface area contributed by atoms with Crippen molar-refractivity contribution in [1.82, 2.24) is 34.1 Å². The van der Waals surface area contributed by atoms with E-state index < -0.39 is 10.2 Å². The molecule has 38 heavy (non-hydrogen) atoms. The smallest absolute Gasteiger partial charge is 0.279 e. The molecule has 0 spiro atoms.